The molecular weight excluding hydrogens is 201 g/mol. The minimum Gasteiger partial charge on any atom is -0.289 e. The third-order valence-corrected chi connectivity index (χ3v) is 2.38. The van der Waals surface area contributed by atoms with Crippen molar-refractivity contribution in [3.05, 3.63) is 21.9 Å². The summed E-state index contributed by atoms with van der Waals surface area (Å²) in [5, 5.41) is 1.57. The van der Waals surface area contributed by atoms with Gasteiger partial charge >= 0.3 is 6.18 Å². The third kappa shape index (κ3) is 2.84. The van der Waals surface area contributed by atoms with Crippen molar-refractivity contribution in [2.45, 2.75) is 19.5 Å². The Morgan fingerprint density at radius 2 is 2.15 bits per heavy atom. The molecule has 0 aliphatic carbocycles. The molecule has 5 heteroatoms. The molecule has 1 nitrogen and oxygen atoms in total. The maximum atomic E-state index is 11.8. The SMILES string of the molecule is Cc1cc(CC(=O)C(F)(F)F)cs1. The highest BCUT2D eigenvalue weighted by molar-refractivity contribution is 7.10. The second-order valence-corrected chi connectivity index (χ2v) is 3.78. The van der Waals surface area contributed by atoms with E-state index >= 15 is 0 Å². The first-order valence-electron chi connectivity index (χ1n) is 3.53. The number of carbonyl (C=O) groups excluding carboxylic acids is 1. The Kier molecular flexibility index (Phi) is 2.75. The van der Waals surface area contributed by atoms with Crippen LogP contribution in [0, 0.1) is 6.92 Å². The number of Topliss-reactive ketones (excluding diaryl/α,β-unsaturated/α-hetero) is 1. The molecule has 0 aliphatic rings. The Morgan fingerprint density at radius 1 is 1.54 bits per heavy atom. The molecule has 0 N–H and O–H groups in total. The molecule has 1 rings (SSSR count). The number of hydrogen-bond donors (Lipinski definition) is 0. The van der Waals surface area contributed by atoms with Gasteiger partial charge < -0.3 is 0 Å². The van der Waals surface area contributed by atoms with E-state index in [1.807, 2.05) is 0 Å². The van der Waals surface area contributed by atoms with Gasteiger partial charge in [-0.15, -0.1) is 11.3 Å². The van der Waals surface area contributed by atoms with E-state index in [9.17, 15) is 18.0 Å². The largest absolute Gasteiger partial charge is 0.450 e. The van der Waals surface area contributed by atoms with Gasteiger partial charge in [0.25, 0.3) is 0 Å². The average Bonchev–Trinajstić information content (AvgIpc) is 2.33. The van der Waals surface area contributed by atoms with Gasteiger partial charge in [0.15, 0.2) is 0 Å². The van der Waals surface area contributed by atoms with Gasteiger partial charge in [-0.3, -0.25) is 4.79 Å². The second-order valence-electron chi connectivity index (χ2n) is 2.66. The summed E-state index contributed by atoms with van der Waals surface area (Å²) in [6.07, 6.45) is -5.26. The highest BCUT2D eigenvalue weighted by Gasteiger charge is 2.37. The molecule has 0 spiro atoms. The van der Waals surface area contributed by atoms with Crippen molar-refractivity contribution in [3.8, 4) is 0 Å². The molecule has 0 unspecified atom stereocenters. The average molecular weight is 208 g/mol. The quantitative estimate of drug-likeness (QED) is 0.730. The Balaban J connectivity index is 2.65. The summed E-state index contributed by atoms with van der Waals surface area (Å²) < 4.78 is 35.4. The predicted octanol–water partition coefficient (Wildman–Crippen LogP) is 2.73. The van der Waals surface area contributed by atoms with E-state index in [4.69, 9.17) is 0 Å². The van der Waals surface area contributed by atoms with Crippen LogP contribution in [-0.4, -0.2) is 12.0 Å². The van der Waals surface area contributed by atoms with Gasteiger partial charge in [-0.05, 0) is 23.9 Å². The predicted molar refractivity (Wildman–Crippen MR) is 43.8 cm³/mol. The summed E-state index contributed by atoms with van der Waals surface area (Å²) in [5.41, 5.74) is 0.435. The van der Waals surface area contributed by atoms with Crippen LogP contribution in [0.5, 0.6) is 0 Å². The first kappa shape index (κ1) is 10.2. The summed E-state index contributed by atoms with van der Waals surface area (Å²) >= 11 is 1.34. The molecule has 0 bridgehead atoms. The number of aryl methyl sites for hydroxylation is 1. The lowest BCUT2D eigenvalue weighted by atomic mass is 10.1. The van der Waals surface area contributed by atoms with E-state index in [2.05, 4.69) is 0 Å². The van der Waals surface area contributed by atoms with Crippen LogP contribution >= 0.6 is 11.3 Å². The van der Waals surface area contributed by atoms with Crippen molar-refractivity contribution in [2.24, 2.45) is 0 Å². The number of carbonyl (C=O) groups is 1. The van der Waals surface area contributed by atoms with E-state index in [-0.39, 0.29) is 0 Å². The van der Waals surface area contributed by atoms with Gasteiger partial charge in [-0.25, -0.2) is 0 Å². The van der Waals surface area contributed by atoms with E-state index < -0.39 is 18.4 Å². The first-order chi connectivity index (χ1) is 5.89. The Bertz CT molecular complexity index is 313. The summed E-state index contributed by atoms with van der Waals surface area (Å²) in [6.45, 7) is 1.78. The molecule has 72 valence electrons. The molecule has 0 saturated carbocycles. The molecule has 1 heterocycles. The lowest BCUT2D eigenvalue weighted by Crippen LogP contribution is -2.24. The van der Waals surface area contributed by atoms with Crippen molar-refractivity contribution in [1.29, 1.82) is 0 Å². The lowest BCUT2D eigenvalue weighted by Gasteiger charge is -2.02. The van der Waals surface area contributed by atoms with Crippen LogP contribution in [0.2, 0.25) is 0 Å². The van der Waals surface area contributed by atoms with Crippen LogP contribution in [0.4, 0.5) is 13.2 Å². The highest BCUT2D eigenvalue weighted by atomic mass is 32.1. The van der Waals surface area contributed by atoms with Gasteiger partial charge in [0.2, 0.25) is 5.78 Å². The van der Waals surface area contributed by atoms with Crippen LogP contribution in [0.25, 0.3) is 0 Å². The molecule has 0 amide bonds. The number of thiophene rings is 1. The molecule has 0 atom stereocenters. The lowest BCUT2D eigenvalue weighted by molar-refractivity contribution is -0.170. The van der Waals surface area contributed by atoms with Crippen molar-refractivity contribution in [1.82, 2.24) is 0 Å². The Morgan fingerprint density at radius 3 is 2.54 bits per heavy atom. The molecule has 0 fully saturated rings. The standard InChI is InChI=1S/C8H7F3OS/c1-5-2-6(4-13-5)3-7(12)8(9,10)11/h2,4H,3H2,1H3. The topological polar surface area (TPSA) is 17.1 Å². The van der Waals surface area contributed by atoms with Crippen molar-refractivity contribution < 1.29 is 18.0 Å². The van der Waals surface area contributed by atoms with Gasteiger partial charge in [-0.1, -0.05) is 0 Å². The van der Waals surface area contributed by atoms with Crippen LogP contribution in [0.3, 0.4) is 0 Å². The minimum atomic E-state index is -4.71. The fraction of sp³-hybridized carbons (Fsp3) is 0.375. The Labute approximate surface area is 77.2 Å². The van der Waals surface area contributed by atoms with Gasteiger partial charge in [0, 0.05) is 11.3 Å². The normalized spacial score (nSPS) is 11.7. The molecule has 0 aliphatic heterocycles. The smallest absolute Gasteiger partial charge is 0.289 e. The monoisotopic (exact) mass is 208 g/mol. The van der Waals surface area contributed by atoms with Crippen molar-refractivity contribution in [3.63, 3.8) is 0 Å². The van der Waals surface area contributed by atoms with Crippen LogP contribution in [0.15, 0.2) is 11.4 Å². The van der Waals surface area contributed by atoms with Crippen molar-refractivity contribution in [2.75, 3.05) is 0 Å². The number of rotatable bonds is 2. The maximum absolute atomic E-state index is 11.8. The van der Waals surface area contributed by atoms with Gasteiger partial charge in [0.1, 0.15) is 0 Å². The number of ketones is 1. The zero-order valence-corrected chi connectivity index (χ0v) is 7.63. The maximum Gasteiger partial charge on any atom is 0.450 e. The molecule has 0 saturated heterocycles. The zero-order valence-electron chi connectivity index (χ0n) is 6.81. The van der Waals surface area contributed by atoms with Crippen molar-refractivity contribution >= 4 is 17.1 Å². The molecular formula is C8H7F3OS. The summed E-state index contributed by atoms with van der Waals surface area (Å²) in [4.78, 5) is 11.4. The molecule has 0 radical (unpaired) electrons. The molecule has 1 aromatic heterocycles. The summed E-state index contributed by atoms with van der Waals surface area (Å²) in [7, 11) is 0. The fourth-order valence-electron chi connectivity index (χ4n) is 0.876. The minimum absolute atomic E-state index is 0.435. The van der Waals surface area contributed by atoms with Gasteiger partial charge in [0.05, 0.1) is 0 Å². The van der Waals surface area contributed by atoms with E-state index in [0.29, 0.717) is 5.56 Å². The van der Waals surface area contributed by atoms with Crippen LogP contribution < -0.4 is 0 Å². The molecule has 0 aromatic carbocycles. The number of alkyl halides is 3. The third-order valence-electron chi connectivity index (χ3n) is 1.47. The fourth-order valence-corrected chi connectivity index (χ4v) is 1.58. The Hall–Kier alpha value is -0.840. The molecule has 1 aromatic rings. The number of hydrogen-bond acceptors (Lipinski definition) is 2. The van der Waals surface area contributed by atoms with E-state index in [0.717, 1.165) is 4.88 Å². The summed E-state index contributed by atoms with van der Waals surface area (Å²) in [6, 6.07) is 1.59. The second kappa shape index (κ2) is 3.49. The van der Waals surface area contributed by atoms with E-state index in [1.165, 1.54) is 11.3 Å². The van der Waals surface area contributed by atoms with Gasteiger partial charge in [-0.2, -0.15) is 13.2 Å². The zero-order chi connectivity index (χ0) is 10.1. The first-order valence-corrected chi connectivity index (χ1v) is 4.41. The number of halogens is 3. The van der Waals surface area contributed by atoms with E-state index in [1.54, 1.807) is 18.4 Å². The summed E-state index contributed by atoms with van der Waals surface area (Å²) in [5.74, 6) is -1.69. The molecule has 13 heavy (non-hydrogen) atoms. The van der Waals surface area contributed by atoms with Crippen LogP contribution in [-0.2, 0) is 11.2 Å². The highest BCUT2D eigenvalue weighted by Crippen LogP contribution is 2.21. The van der Waals surface area contributed by atoms with Crippen LogP contribution in [0.1, 0.15) is 10.4 Å².